The molecule has 0 aliphatic heterocycles. The summed E-state index contributed by atoms with van der Waals surface area (Å²) in [6.07, 6.45) is 4.55. The lowest BCUT2D eigenvalue weighted by molar-refractivity contribution is 0.360. The molecule has 0 aliphatic carbocycles. The quantitative estimate of drug-likeness (QED) is 0.364. The fourth-order valence-electron chi connectivity index (χ4n) is 1.13. The molecule has 0 heterocycles. The van der Waals surface area contributed by atoms with Crippen LogP contribution in [0.4, 0.5) is 0 Å². The standard InChI is InChI=1S/C10H17O4PS/c1-4-7-14-16(12,13)10-15(11,8-5-2)9-6-3/h4-6H,1-3,7-10H2. The molecule has 0 unspecified atom stereocenters. The average molecular weight is 264 g/mol. The maximum absolute atomic E-state index is 12.2. The summed E-state index contributed by atoms with van der Waals surface area (Å²) in [6.45, 7) is 10.2. The van der Waals surface area contributed by atoms with E-state index in [1.165, 1.54) is 18.2 Å². The van der Waals surface area contributed by atoms with Crippen LogP contribution in [0.3, 0.4) is 0 Å². The Morgan fingerprint density at radius 3 is 1.94 bits per heavy atom. The van der Waals surface area contributed by atoms with Crippen molar-refractivity contribution < 1.29 is 17.2 Å². The molecule has 0 aromatic carbocycles. The highest BCUT2D eigenvalue weighted by atomic mass is 32.2. The normalized spacial score (nSPS) is 12.0. The van der Waals surface area contributed by atoms with Gasteiger partial charge in [-0.05, 0) is 0 Å². The van der Waals surface area contributed by atoms with Crippen molar-refractivity contribution in [3.8, 4) is 0 Å². The van der Waals surface area contributed by atoms with E-state index in [-0.39, 0.29) is 18.9 Å². The predicted octanol–water partition coefficient (Wildman–Crippen LogP) is 2.21. The smallest absolute Gasteiger partial charge is 0.274 e. The van der Waals surface area contributed by atoms with Crippen molar-refractivity contribution in [1.29, 1.82) is 0 Å². The molecule has 0 bridgehead atoms. The van der Waals surface area contributed by atoms with Crippen LogP contribution in [0.2, 0.25) is 0 Å². The minimum atomic E-state index is -3.78. The van der Waals surface area contributed by atoms with Gasteiger partial charge in [-0.25, -0.2) is 0 Å². The Kier molecular flexibility index (Phi) is 6.56. The van der Waals surface area contributed by atoms with Gasteiger partial charge in [0, 0.05) is 12.3 Å². The van der Waals surface area contributed by atoms with Crippen LogP contribution >= 0.6 is 7.14 Å². The second kappa shape index (κ2) is 6.84. The van der Waals surface area contributed by atoms with Gasteiger partial charge in [-0.2, -0.15) is 8.42 Å². The monoisotopic (exact) mass is 264 g/mol. The van der Waals surface area contributed by atoms with Gasteiger partial charge in [0.25, 0.3) is 10.1 Å². The van der Waals surface area contributed by atoms with Gasteiger partial charge in [-0.3, -0.25) is 4.18 Å². The number of allylic oxidation sites excluding steroid dienone is 2. The molecule has 0 saturated heterocycles. The molecule has 0 radical (unpaired) electrons. The van der Waals surface area contributed by atoms with Gasteiger partial charge in [0.1, 0.15) is 12.6 Å². The molecular formula is C10H17O4PS. The molecular weight excluding hydrogens is 247 g/mol. The predicted molar refractivity (Wildman–Crippen MR) is 67.7 cm³/mol. The van der Waals surface area contributed by atoms with Crippen LogP contribution in [0.25, 0.3) is 0 Å². The van der Waals surface area contributed by atoms with Crippen LogP contribution in [0.15, 0.2) is 38.0 Å². The summed E-state index contributed by atoms with van der Waals surface area (Å²) in [5.74, 6) is 0. The summed E-state index contributed by atoms with van der Waals surface area (Å²) >= 11 is 0. The van der Waals surface area contributed by atoms with Gasteiger partial charge >= 0.3 is 0 Å². The van der Waals surface area contributed by atoms with Crippen LogP contribution in [0, 0.1) is 0 Å². The maximum atomic E-state index is 12.2. The molecule has 6 heteroatoms. The lowest BCUT2D eigenvalue weighted by Crippen LogP contribution is -2.13. The van der Waals surface area contributed by atoms with E-state index in [1.807, 2.05) is 0 Å². The van der Waals surface area contributed by atoms with Crippen LogP contribution in [0.5, 0.6) is 0 Å². The molecule has 0 atom stereocenters. The minimum absolute atomic E-state index is 0.107. The first-order valence-electron chi connectivity index (χ1n) is 4.66. The summed E-state index contributed by atoms with van der Waals surface area (Å²) in [5, 5.41) is 0. The van der Waals surface area contributed by atoms with Gasteiger partial charge < -0.3 is 4.57 Å². The molecule has 4 nitrogen and oxygen atoms in total. The Morgan fingerprint density at radius 2 is 1.56 bits per heavy atom. The van der Waals surface area contributed by atoms with Crippen molar-refractivity contribution in [1.82, 2.24) is 0 Å². The summed E-state index contributed by atoms with van der Waals surface area (Å²) in [7, 11) is -6.64. The molecule has 92 valence electrons. The van der Waals surface area contributed by atoms with E-state index < -0.39 is 22.8 Å². The van der Waals surface area contributed by atoms with Crippen molar-refractivity contribution in [3.63, 3.8) is 0 Å². The first-order valence-corrected chi connectivity index (χ1v) is 8.50. The summed E-state index contributed by atoms with van der Waals surface area (Å²) in [4.78, 5) is 0. The number of hydrogen-bond donors (Lipinski definition) is 0. The van der Waals surface area contributed by atoms with Gasteiger partial charge in [-0.1, -0.05) is 18.2 Å². The maximum Gasteiger partial charge on any atom is 0.274 e. The SMILES string of the molecule is C=CCOS(=O)(=O)CP(=O)(CC=C)CC=C. The van der Waals surface area contributed by atoms with Crippen molar-refractivity contribution in [2.24, 2.45) is 0 Å². The fourth-order valence-corrected chi connectivity index (χ4v) is 5.97. The molecule has 0 rings (SSSR count). The van der Waals surface area contributed by atoms with E-state index in [2.05, 4.69) is 23.9 Å². The Morgan fingerprint density at radius 1 is 1.06 bits per heavy atom. The zero-order valence-corrected chi connectivity index (χ0v) is 10.9. The van der Waals surface area contributed by atoms with Crippen LogP contribution < -0.4 is 0 Å². The van der Waals surface area contributed by atoms with E-state index in [0.717, 1.165) is 0 Å². The molecule has 0 aliphatic rings. The van der Waals surface area contributed by atoms with E-state index in [9.17, 15) is 13.0 Å². The third-order valence-corrected chi connectivity index (χ3v) is 7.17. The highest BCUT2D eigenvalue weighted by molar-refractivity contribution is 7.95. The topological polar surface area (TPSA) is 60.4 Å². The lowest BCUT2D eigenvalue weighted by atomic mass is 10.7. The van der Waals surface area contributed by atoms with E-state index in [0.29, 0.717) is 0 Å². The third kappa shape index (κ3) is 6.05. The lowest BCUT2D eigenvalue weighted by Gasteiger charge is -2.14. The average Bonchev–Trinajstić information content (AvgIpc) is 2.14. The van der Waals surface area contributed by atoms with Crippen molar-refractivity contribution in [2.75, 3.05) is 24.4 Å². The van der Waals surface area contributed by atoms with Crippen LogP contribution in [-0.4, -0.2) is 32.8 Å². The van der Waals surface area contributed by atoms with Gasteiger partial charge in [0.2, 0.25) is 0 Å². The van der Waals surface area contributed by atoms with E-state index in [1.54, 1.807) is 0 Å². The van der Waals surface area contributed by atoms with E-state index >= 15 is 0 Å². The Bertz CT molecular complexity index is 383. The van der Waals surface area contributed by atoms with Crippen LogP contribution in [-0.2, 0) is 18.9 Å². The highest BCUT2D eigenvalue weighted by Gasteiger charge is 2.27. The summed E-state index contributed by atoms with van der Waals surface area (Å²) in [6, 6.07) is 0. The molecule has 0 N–H and O–H groups in total. The van der Waals surface area contributed by atoms with Crippen molar-refractivity contribution in [2.45, 2.75) is 0 Å². The molecule has 16 heavy (non-hydrogen) atoms. The van der Waals surface area contributed by atoms with Gasteiger partial charge in [0.05, 0.1) is 6.61 Å². The first kappa shape index (κ1) is 15.4. The van der Waals surface area contributed by atoms with Gasteiger partial charge in [-0.15, -0.1) is 19.7 Å². The third-order valence-electron chi connectivity index (χ3n) is 1.68. The molecule has 0 fully saturated rings. The highest BCUT2D eigenvalue weighted by Crippen LogP contribution is 2.46. The Hall–Kier alpha value is -0.640. The molecule has 0 amide bonds. The molecule has 0 aromatic rings. The van der Waals surface area contributed by atoms with E-state index in [4.69, 9.17) is 0 Å². The fraction of sp³-hybridized carbons (Fsp3) is 0.400. The zero-order chi connectivity index (χ0) is 12.7. The zero-order valence-electron chi connectivity index (χ0n) is 9.17. The summed E-state index contributed by atoms with van der Waals surface area (Å²) < 4.78 is 39.6. The van der Waals surface area contributed by atoms with Crippen molar-refractivity contribution >= 4 is 17.3 Å². The second-order valence-corrected chi connectivity index (χ2v) is 8.49. The first-order chi connectivity index (χ1) is 7.39. The largest absolute Gasteiger partial charge is 0.322 e. The molecule has 0 saturated carbocycles. The summed E-state index contributed by atoms with van der Waals surface area (Å²) in [5.41, 5.74) is -0.480. The minimum Gasteiger partial charge on any atom is -0.322 e. The second-order valence-electron chi connectivity index (χ2n) is 3.26. The van der Waals surface area contributed by atoms with Crippen LogP contribution in [0.1, 0.15) is 0 Å². The van der Waals surface area contributed by atoms with Gasteiger partial charge in [0.15, 0.2) is 0 Å². The molecule has 0 aromatic heterocycles. The Balaban J connectivity index is 4.74. The number of rotatable bonds is 9. The Labute approximate surface area is 97.2 Å². The number of hydrogen-bond acceptors (Lipinski definition) is 4. The molecule has 0 spiro atoms. The van der Waals surface area contributed by atoms with Crippen molar-refractivity contribution in [3.05, 3.63) is 38.0 Å².